The maximum Gasteiger partial charge on any atom is 0.251 e. The van der Waals surface area contributed by atoms with Crippen molar-refractivity contribution in [3.8, 4) is 0 Å². The Labute approximate surface area is 158 Å². The number of carbonyl (C=O) groups excluding carboxylic acids is 1. The second-order valence-corrected chi connectivity index (χ2v) is 6.96. The average Bonchev–Trinajstić information content (AvgIpc) is 2.88. The molecule has 0 N–H and O–H groups in total. The Bertz CT molecular complexity index is 1020. The van der Waals surface area contributed by atoms with Crippen LogP contribution in [0.2, 0.25) is 0 Å². The van der Waals surface area contributed by atoms with Gasteiger partial charge in [-0.2, -0.15) is 0 Å². The topological polar surface area (TPSA) is 56.9 Å². The number of Topliss-reactive ketones (excluding diaryl/α,β-unsaturated/α-hetero) is 1. The maximum absolute atomic E-state index is 13.1. The van der Waals surface area contributed by atoms with E-state index < -0.39 is 0 Å². The maximum atomic E-state index is 13.1. The number of hydrogen-bond donors (Lipinski definition) is 0. The molecule has 0 aliphatic carbocycles. The van der Waals surface area contributed by atoms with Gasteiger partial charge in [0, 0.05) is 29.0 Å². The van der Waals surface area contributed by atoms with Gasteiger partial charge >= 0.3 is 0 Å². The molecule has 5 nitrogen and oxygen atoms in total. The van der Waals surface area contributed by atoms with Crippen molar-refractivity contribution in [1.29, 1.82) is 0 Å². The Balaban J connectivity index is 1.87. The van der Waals surface area contributed by atoms with Crippen molar-refractivity contribution in [3.63, 3.8) is 0 Å². The van der Waals surface area contributed by atoms with Crippen molar-refractivity contribution in [3.05, 3.63) is 86.0 Å². The number of carbonyl (C=O) groups is 1. The van der Waals surface area contributed by atoms with E-state index >= 15 is 0 Å². The minimum Gasteiger partial charge on any atom is -0.327 e. The Hall–Kier alpha value is -2.54. The van der Waals surface area contributed by atoms with Crippen LogP contribution >= 0.6 is 15.9 Å². The predicted octanol–water partition coefficient (Wildman–Crippen LogP) is 3.49. The highest BCUT2D eigenvalue weighted by molar-refractivity contribution is 9.10. The molecule has 0 fully saturated rings. The average molecular weight is 418 g/mol. The van der Waals surface area contributed by atoms with Gasteiger partial charge in [-0.05, 0) is 53.5 Å². The lowest BCUT2D eigenvalue weighted by molar-refractivity contribution is 0.0965. The minimum atomic E-state index is -0.289. The van der Waals surface area contributed by atoms with E-state index in [-0.39, 0.29) is 23.7 Å². The van der Waals surface area contributed by atoms with E-state index in [1.807, 2.05) is 18.4 Å². The summed E-state index contributed by atoms with van der Waals surface area (Å²) < 4.78 is 17.0. The fraction of sp³-hybridized carbons (Fsp3) is 0.211. The smallest absolute Gasteiger partial charge is 0.251 e. The first-order chi connectivity index (χ1) is 12.3. The molecule has 2 aromatic heterocycles. The number of halogens is 2. The first-order valence-electron chi connectivity index (χ1n) is 8.02. The lowest BCUT2D eigenvalue weighted by Gasteiger charge is -2.09. The van der Waals surface area contributed by atoms with Gasteiger partial charge in [-0.25, -0.2) is 9.37 Å². The lowest BCUT2D eigenvalue weighted by Crippen LogP contribution is -2.23. The number of imidazole rings is 1. The van der Waals surface area contributed by atoms with Crippen LogP contribution in [0.3, 0.4) is 0 Å². The molecular formula is C19H17BrFN3O2. The molecule has 0 bridgehead atoms. The summed E-state index contributed by atoms with van der Waals surface area (Å²) in [4.78, 5) is 28.9. The molecule has 7 heteroatoms. The van der Waals surface area contributed by atoms with Gasteiger partial charge in [0.15, 0.2) is 0 Å². The molecule has 1 aromatic carbocycles. The molecule has 3 rings (SSSR count). The van der Waals surface area contributed by atoms with Gasteiger partial charge in [0.2, 0.25) is 5.78 Å². The number of nitrogens with zero attached hydrogens (tertiary/aromatic N) is 3. The van der Waals surface area contributed by atoms with E-state index in [0.29, 0.717) is 18.1 Å². The minimum absolute atomic E-state index is 0.0773. The third kappa shape index (κ3) is 3.83. The molecule has 0 aliphatic rings. The monoisotopic (exact) mass is 417 g/mol. The third-order valence-corrected chi connectivity index (χ3v) is 4.66. The van der Waals surface area contributed by atoms with Gasteiger partial charge in [-0.3, -0.25) is 9.59 Å². The summed E-state index contributed by atoms with van der Waals surface area (Å²) in [5.41, 5.74) is 1.73. The highest BCUT2D eigenvalue weighted by Crippen LogP contribution is 2.15. The summed E-state index contributed by atoms with van der Waals surface area (Å²) in [6.45, 7) is 4.06. The molecule has 0 spiro atoms. The molecule has 0 aliphatic heterocycles. The van der Waals surface area contributed by atoms with E-state index in [2.05, 4.69) is 20.9 Å². The van der Waals surface area contributed by atoms with Crippen molar-refractivity contribution >= 4 is 21.7 Å². The number of aromatic nitrogens is 3. The Morgan fingerprint density at radius 2 is 1.85 bits per heavy atom. The Morgan fingerprint density at radius 1 is 1.15 bits per heavy atom. The van der Waals surface area contributed by atoms with Gasteiger partial charge in [0.1, 0.15) is 17.3 Å². The van der Waals surface area contributed by atoms with Gasteiger partial charge in [0.25, 0.3) is 5.56 Å². The van der Waals surface area contributed by atoms with Gasteiger partial charge < -0.3 is 9.13 Å². The van der Waals surface area contributed by atoms with Gasteiger partial charge in [0.05, 0.1) is 6.54 Å². The first kappa shape index (κ1) is 18.3. The quantitative estimate of drug-likeness (QED) is 0.597. The number of benzene rings is 1. The van der Waals surface area contributed by atoms with Gasteiger partial charge in [-0.15, -0.1) is 0 Å². The fourth-order valence-corrected chi connectivity index (χ4v) is 3.18. The van der Waals surface area contributed by atoms with Crippen LogP contribution in [0.5, 0.6) is 0 Å². The van der Waals surface area contributed by atoms with Crippen LogP contribution in [0.15, 0.2) is 51.9 Å². The van der Waals surface area contributed by atoms with Crippen LogP contribution in [0.25, 0.3) is 0 Å². The zero-order valence-electron chi connectivity index (χ0n) is 14.4. The Morgan fingerprint density at radius 3 is 2.54 bits per heavy atom. The largest absolute Gasteiger partial charge is 0.327 e. The summed E-state index contributed by atoms with van der Waals surface area (Å²) >= 11 is 3.30. The normalized spacial score (nSPS) is 10.9. The van der Waals surface area contributed by atoms with E-state index in [4.69, 9.17) is 0 Å². The number of hydrogen-bond acceptors (Lipinski definition) is 3. The zero-order chi connectivity index (χ0) is 18.8. The lowest BCUT2D eigenvalue weighted by atomic mass is 10.2. The molecule has 3 aromatic rings. The molecule has 2 heterocycles. The van der Waals surface area contributed by atoms with Gasteiger partial charge in [-0.1, -0.05) is 12.1 Å². The molecule has 134 valence electrons. The van der Waals surface area contributed by atoms with Crippen LogP contribution < -0.4 is 5.56 Å². The zero-order valence-corrected chi connectivity index (χ0v) is 16.0. The molecule has 0 saturated carbocycles. The summed E-state index contributed by atoms with van der Waals surface area (Å²) in [7, 11) is 0. The molecule has 0 unspecified atom stereocenters. The summed E-state index contributed by atoms with van der Waals surface area (Å²) in [5, 5.41) is 0. The molecule has 0 radical (unpaired) electrons. The number of aryl methyl sites for hydroxylation is 1. The first-order valence-corrected chi connectivity index (χ1v) is 8.82. The Kier molecular flexibility index (Phi) is 5.18. The van der Waals surface area contributed by atoms with Crippen LogP contribution in [0.4, 0.5) is 4.39 Å². The van der Waals surface area contributed by atoms with E-state index in [1.54, 1.807) is 24.4 Å². The second kappa shape index (κ2) is 7.37. The molecule has 0 atom stereocenters. The fourth-order valence-electron chi connectivity index (χ4n) is 2.80. The SMILES string of the molecule is Cc1nc(C(=O)Cn2cc(Br)ccc2=O)c(C)n1Cc1ccc(F)cc1. The van der Waals surface area contributed by atoms with Crippen molar-refractivity contribution < 1.29 is 9.18 Å². The van der Waals surface area contributed by atoms with Crippen LogP contribution in [-0.2, 0) is 13.1 Å². The molecule has 26 heavy (non-hydrogen) atoms. The van der Waals surface area contributed by atoms with Crippen LogP contribution in [0.1, 0.15) is 27.6 Å². The molecular weight excluding hydrogens is 401 g/mol. The standard InChI is InChI=1S/C19H17BrFN3O2/c1-12-19(17(25)11-23-10-15(20)5-8-18(23)26)22-13(2)24(12)9-14-3-6-16(21)7-4-14/h3-8,10H,9,11H2,1-2H3. The van der Waals surface area contributed by atoms with Crippen molar-refractivity contribution in [1.82, 2.24) is 14.1 Å². The van der Waals surface area contributed by atoms with Crippen LogP contribution in [-0.4, -0.2) is 19.9 Å². The van der Waals surface area contributed by atoms with E-state index in [9.17, 15) is 14.0 Å². The summed E-state index contributed by atoms with van der Waals surface area (Å²) in [6.07, 6.45) is 1.58. The number of rotatable bonds is 5. The van der Waals surface area contributed by atoms with Crippen molar-refractivity contribution in [2.45, 2.75) is 26.9 Å². The van der Waals surface area contributed by atoms with E-state index in [1.165, 1.54) is 22.8 Å². The van der Waals surface area contributed by atoms with E-state index in [0.717, 1.165) is 15.7 Å². The predicted molar refractivity (Wildman–Crippen MR) is 99.9 cm³/mol. The molecule has 0 amide bonds. The second-order valence-electron chi connectivity index (χ2n) is 6.04. The number of ketones is 1. The molecule has 0 saturated heterocycles. The third-order valence-electron chi connectivity index (χ3n) is 4.19. The van der Waals surface area contributed by atoms with Crippen molar-refractivity contribution in [2.75, 3.05) is 0 Å². The van der Waals surface area contributed by atoms with Crippen molar-refractivity contribution in [2.24, 2.45) is 0 Å². The highest BCUT2D eigenvalue weighted by Gasteiger charge is 2.18. The highest BCUT2D eigenvalue weighted by atomic mass is 79.9. The summed E-state index contributed by atoms with van der Waals surface area (Å²) in [6, 6.07) is 9.26. The number of pyridine rings is 1. The summed E-state index contributed by atoms with van der Waals surface area (Å²) in [5.74, 6) is 0.170. The van der Waals surface area contributed by atoms with Crippen LogP contribution in [0, 0.1) is 19.7 Å².